The summed E-state index contributed by atoms with van der Waals surface area (Å²) in [5.41, 5.74) is 3.54. The average Bonchev–Trinajstić information content (AvgIpc) is 2.74. The van der Waals surface area contributed by atoms with Crippen LogP contribution in [0.3, 0.4) is 0 Å². The van der Waals surface area contributed by atoms with Gasteiger partial charge in [-0.2, -0.15) is 0 Å². The van der Waals surface area contributed by atoms with Crippen molar-refractivity contribution < 1.29 is 0 Å². The lowest BCUT2D eigenvalue weighted by Crippen LogP contribution is -2.45. The summed E-state index contributed by atoms with van der Waals surface area (Å²) in [6.07, 6.45) is 5.40. The van der Waals surface area contributed by atoms with Crippen LogP contribution in [0.1, 0.15) is 58.2 Å². The van der Waals surface area contributed by atoms with Crippen molar-refractivity contribution >= 4 is 11.3 Å². The van der Waals surface area contributed by atoms with Crippen molar-refractivity contribution in [1.82, 2.24) is 10.3 Å². The molecule has 1 saturated carbocycles. The van der Waals surface area contributed by atoms with E-state index in [1.165, 1.54) is 31.4 Å². The Morgan fingerprint density at radius 3 is 2.94 bits per heavy atom. The number of nitrogens with one attached hydrogen (secondary N) is 1. The topological polar surface area (TPSA) is 24.9 Å². The van der Waals surface area contributed by atoms with Gasteiger partial charge in [-0.1, -0.05) is 26.7 Å². The second-order valence-corrected chi connectivity index (χ2v) is 6.31. The first kappa shape index (κ1) is 12.1. The molecule has 2 unspecified atom stereocenters. The molecule has 0 spiro atoms. The first-order chi connectivity index (χ1) is 7.59. The molecule has 0 aliphatic heterocycles. The highest BCUT2D eigenvalue weighted by molar-refractivity contribution is 7.07. The molecule has 2 atom stereocenters. The van der Waals surface area contributed by atoms with E-state index in [0.717, 1.165) is 0 Å². The van der Waals surface area contributed by atoms with Crippen molar-refractivity contribution in [3.63, 3.8) is 0 Å². The van der Waals surface area contributed by atoms with Gasteiger partial charge in [0.05, 0.1) is 11.2 Å². The predicted octanol–water partition coefficient (Wildman–Crippen LogP) is 3.76. The molecule has 1 N–H and O–H groups in total. The number of thiazole rings is 1. The Hall–Kier alpha value is -0.410. The van der Waals surface area contributed by atoms with Crippen LogP contribution in [0.25, 0.3) is 0 Å². The van der Waals surface area contributed by atoms with Gasteiger partial charge < -0.3 is 5.32 Å². The maximum Gasteiger partial charge on any atom is 0.0795 e. The summed E-state index contributed by atoms with van der Waals surface area (Å²) >= 11 is 1.68. The number of rotatable bonds is 3. The Bertz CT molecular complexity index is 319. The van der Waals surface area contributed by atoms with E-state index in [-0.39, 0.29) is 0 Å². The van der Waals surface area contributed by atoms with Gasteiger partial charge in [0.15, 0.2) is 0 Å². The Labute approximate surface area is 102 Å². The zero-order valence-corrected chi connectivity index (χ0v) is 11.3. The number of nitrogens with zero attached hydrogens (tertiary/aromatic N) is 1. The van der Waals surface area contributed by atoms with Crippen molar-refractivity contribution in [2.45, 2.75) is 58.5 Å². The van der Waals surface area contributed by atoms with Gasteiger partial charge in [-0.05, 0) is 25.2 Å². The zero-order chi connectivity index (χ0) is 11.6. The fourth-order valence-corrected chi connectivity index (χ4v) is 3.27. The lowest BCUT2D eigenvalue weighted by Gasteiger charge is -2.40. The smallest absolute Gasteiger partial charge is 0.0795 e. The third-order valence-corrected chi connectivity index (χ3v) is 4.46. The van der Waals surface area contributed by atoms with Gasteiger partial charge in [0.25, 0.3) is 0 Å². The molecule has 0 radical (unpaired) electrons. The summed E-state index contributed by atoms with van der Waals surface area (Å²) in [6.45, 7) is 6.99. The van der Waals surface area contributed by atoms with Crippen LogP contribution in [0.2, 0.25) is 0 Å². The Kier molecular flexibility index (Phi) is 3.65. The molecule has 3 heteroatoms. The molecule has 0 aromatic carbocycles. The van der Waals surface area contributed by atoms with E-state index >= 15 is 0 Å². The summed E-state index contributed by atoms with van der Waals surface area (Å²) in [6, 6.07) is 1.02. The van der Waals surface area contributed by atoms with E-state index in [1.807, 2.05) is 5.51 Å². The van der Waals surface area contributed by atoms with Crippen molar-refractivity contribution in [3.05, 3.63) is 16.6 Å². The quantitative estimate of drug-likeness (QED) is 0.867. The van der Waals surface area contributed by atoms with Crippen molar-refractivity contribution in [2.75, 3.05) is 0 Å². The molecule has 1 heterocycles. The van der Waals surface area contributed by atoms with Gasteiger partial charge in [-0.3, -0.25) is 0 Å². The number of hydrogen-bond donors (Lipinski definition) is 1. The highest BCUT2D eigenvalue weighted by Crippen LogP contribution is 2.36. The maximum absolute atomic E-state index is 4.39. The average molecular weight is 238 g/mol. The van der Waals surface area contributed by atoms with Crippen LogP contribution in [-0.4, -0.2) is 11.0 Å². The van der Waals surface area contributed by atoms with Crippen LogP contribution in [0, 0.1) is 5.41 Å². The van der Waals surface area contributed by atoms with E-state index in [0.29, 0.717) is 17.5 Å². The highest BCUT2D eigenvalue weighted by atomic mass is 32.1. The number of hydrogen-bond acceptors (Lipinski definition) is 3. The second kappa shape index (κ2) is 4.84. The standard InChI is InChI=1S/C13H22N2S/c1-10(11-8-16-9-14-11)15-12-6-4-5-7-13(12,2)3/h8-10,12,15H,4-7H2,1-3H3. The number of aromatic nitrogens is 1. The molecule has 0 amide bonds. The minimum Gasteiger partial charge on any atom is -0.305 e. The monoisotopic (exact) mass is 238 g/mol. The van der Waals surface area contributed by atoms with Gasteiger partial charge in [-0.25, -0.2) is 4.98 Å². The highest BCUT2D eigenvalue weighted by Gasteiger charge is 2.32. The molecule has 1 aliphatic carbocycles. The Morgan fingerprint density at radius 1 is 1.50 bits per heavy atom. The predicted molar refractivity (Wildman–Crippen MR) is 69.7 cm³/mol. The molecule has 0 saturated heterocycles. The van der Waals surface area contributed by atoms with Crippen LogP contribution >= 0.6 is 11.3 Å². The van der Waals surface area contributed by atoms with Crippen LogP contribution in [-0.2, 0) is 0 Å². The molecular weight excluding hydrogens is 216 g/mol. The molecule has 2 nitrogen and oxygen atoms in total. The first-order valence-electron chi connectivity index (χ1n) is 6.24. The van der Waals surface area contributed by atoms with Crippen LogP contribution in [0.5, 0.6) is 0 Å². The van der Waals surface area contributed by atoms with Crippen LogP contribution in [0.4, 0.5) is 0 Å². The molecule has 1 fully saturated rings. The van der Waals surface area contributed by atoms with Crippen molar-refractivity contribution in [1.29, 1.82) is 0 Å². The fraction of sp³-hybridized carbons (Fsp3) is 0.769. The van der Waals surface area contributed by atoms with Gasteiger partial charge >= 0.3 is 0 Å². The lowest BCUT2D eigenvalue weighted by atomic mass is 9.73. The Morgan fingerprint density at radius 2 is 2.31 bits per heavy atom. The maximum atomic E-state index is 4.39. The molecule has 1 aromatic rings. The summed E-state index contributed by atoms with van der Waals surface area (Å²) in [5.74, 6) is 0. The molecule has 90 valence electrons. The van der Waals surface area contributed by atoms with Gasteiger partial charge in [0.2, 0.25) is 0 Å². The van der Waals surface area contributed by atoms with Crippen molar-refractivity contribution in [3.8, 4) is 0 Å². The third-order valence-electron chi connectivity index (χ3n) is 3.85. The largest absolute Gasteiger partial charge is 0.305 e. The van der Waals surface area contributed by atoms with E-state index in [1.54, 1.807) is 11.3 Å². The summed E-state index contributed by atoms with van der Waals surface area (Å²) in [7, 11) is 0. The summed E-state index contributed by atoms with van der Waals surface area (Å²) in [5, 5.41) is 5.90. The Balaban J connectivity index is 1.98. The molecular formula is C13H22N2S. The summed E-state index contributed by atoms with van der Waals surface area (Å²) < 4.78 is 0. The summed E-state index contributed by atoms with van der Waals surface area (Å²) in [4.78, 5) is 4.39. The fourth-order valence-electron chi connectivity index (χ4n) is 2.63. The van der Waals surface area contributed by atoms with Crippen molar-refractivity contribution in [2.24, 2.45) is 5.41 Å². The van der Waals surface area contributed by atoms with Crippen LogP contribution in [0.15, 0.2) is 10.9 Å². The molecule has 16 heavy (non-hydrogen) atoms. The van der Waals surface area contributed by atoms with E-state index in [9.17, 15) is 0 Å². The van der Waals surface area contributed by atoms with Gasteiger partial charge in [0, 0.05) is 17.5 Å². The second-order valence-electron chi connectivity index (χ2n) is 5.59. The van der Waals surface area contributed by atoms with E-state index < -0.39 is 0 Å². The lowest BCUT2D eigenvalue weighted by molar-refractivity contribution is 0.157. The molecule has 0 bridgehead atoms. The first-order valence-corrected chi connectivity index (χ1v) is 7.18. The SMILES string of the molecule is CC(NC1CCCCC1(C)C)c1cscn1. The van der Waals surface area contributed by atoms with Crippen LogP contribution < -0.4 is 5.32 Å². The van der Waals surface area contributed by atoms with Gasteiger partial charge in [-0.15, -0.1) is 11.3 Å². The molecule has 2 rings (SSSR count). The minimum absolute atomic E-state index is 0.383. The van der Waals surface area contributed by atoms with E-state index in [4.69, 9.17) is 0 Å². The minimum atomic E-state index is 0.383. The molecule has 1 aliphatic rings. The van der Waals surface area contributed by atoms with Gasteiger partial charge in [0.1, 0.15) is 0 Å². The normalized spacial score (nSPS) is 26.6. The third kappa shape index (κ3) is 2.64. The van der Waals surface area contributed by atoms with E-state index in [2.05, 4.69) is 36.5 Å². The zero-order valence-electron chi connectivity index (χ0n) is 10.5. The molecule has 1 aromatic heterocycles.